The first kappa shape index (κ1) is 23.1. The Morgan fingerprint density at radius 1 is 1.03 bits per heavy atom. The summed E-state index contributed by atoms with van der Waals surface area (Å²) in [5, 5.41) is 5.34. The third kappa shape index (κ3) is 6.01. The molecule has 0 atom stereocenters. The maximum Gasteiger partial charge on any atom is 0.422 e. The molecule has 0 aliphatic heterocycles. The molecule has 0 saturated heterocycles. The second-order valence-electron chi connectivity index (χ2n) is 6.14. The lowest BCUT2D eigenvalue weighted by atomic mass is 10.3. The molecule has 32 heavy (non-hydrogen) atoms. The van der Waals surface area contributed by atoms with Crippen molar-refractivity contribution in [3.63, 3.8) is 0 Å². The number of nitrogens with one attached hydrogen (secondary N) is 3. The van der Waals surface area contributed by atoms with E-state index in [1.54, 1.807) is 0 Å². The summed E-state index contributed by atoms with van der Waals surface area (Å²) in [5.74, 6) is -0.810. The van der Waals surface area contributed by atoms with Crippen LogP contribution in [-0.2, 0) is 10.0 Å². The van der Waals surface area contributed by atoms with Crippen LogP contribution in [0.5, 0.6) is 5.75 Å². The van der Waals surface area contributed by atoms with Crippen molar-refractivity contribution in [1.82, 2.24) is 19.7 Å². The number of sulfonamides is 1. The molecule has 0 amide bonds. The minimum Gasteiger partial charge on any atom is -0.482 e. The molecule has 9 nitrogen and oxygen atoms in total. The van der Waals surface area contributed by atoms with Gasteiger partial charge in [-0.1, -0.05) is 0 Å². The van der Waals surface area contributed by atoms with E-state index < -0.39 is 28.6 Å². The van der Waals surface area contributed by atoms with E-state index in [0.717, 1.165) is 24.5 Å². The molecular weight excluding hydrogens is 456 g/mol. The number of alkyl halides is 3. The van der Waals surface area contributed by atoms with Crippen LogP contribution in [0.15, 0.2) is 53.8 Å². The summed E-state index contributed by atoms with van der Waals surface area (Å²) in [5.41, 5.74) is -0.0979. The highest BCUT2D eigenvalue weighted by Crippen LogP contribution is 2.32. The number of benzene rings is 1. The molecule has 14 heteroatoms. The fourth-order valence-corrected chi connectivity index (χ4v) is 3.16. The summed E-state index contributed by atoms with van der Waals surface area (Å²) in [4.78, 5) is 11.5. The van der Waals surface area contributed by atoms with E-state index in [2.05, 4.69) is 30.3 Å². The third-order valence-corrected chi connectivity index (χ3v) is 5.27. The van der Waals surface area contributed by atoms with Gasteiger partial charge in [0.1, 0.15) is 23.7 Å². The highest BCUT2D eigenvalue weighted by Gasteiger charge is 2.29. The molecule has 2 heterocycles. The average Bonchev–Trinajstić information content (AvgIpc) is 2.74. The van der Waals surface area contributed by atoms with Crippen molar-refractivity contribution in [1.29, 1.82) is 0 Å². The van der Waals surface area contributed by atoms with Gasteiger partial charge < -0.3 is 15.4 Å². The first-order valence-corrected chi connectivity index (χ1v) is 10.3. The predicted octanol–water partition coefficient (Wildman–Crippen LogP) is 3.35. The maximum absolute atomic E-state index is 13.8. The van der Waals surface area contributed by atoms with Crippen molar-refractivity contribution in [2.45, 2.75) is 11.1 Å². The van der Waals surface area contributed by atoms with Gasteiger partial charge in [-0.25, -0.2) is 32.5 Å². The molecule has 170 valence electrons. The summed E-state index contributed by atoms with van der Waals surface area (Å²) in [7, 11) is -2.70. The summed E-state index contributed by atoms with van der Waals surface area (Å²) in [6.45, 7) is -1.59. The van der Waals surface area contributed by atoms with Crippen molar-refractivity contribution in [3.05, 3.63) is 54.7 Å². The van der Waals surface area contributed by atoms with Crippen molar-refractivity contribution in [3.8, 4) is 5.75 Å². The normalized spacial score (nSPS) is 11.8. The minimum absolute atomic E-state index is 0.0645. The Balaban J connectivity index is 1.92. The molecule has 3 aromatic rings. The highest BCUT2D eigenvalue weighted by atomic mass is 32.2. The molecule has 0 spiro atoms. The van der Waals surface area contributed by atoms with Gasteiger partial charge in [-0.3, -0.25) is 0 Å². The molecular formula is C18H16F4N6O3S. The molecule has 0 saturated carbocycles. The first-order valence-electron chi connectivity index (χ1n) is 8.81. The zero-order valence-electron chi connectivity index (χ0n) is 16.3. The number of ether oxygens (including phenoxy) is 1. The summed E-state index contributed by atoms with van der Waals surface area (Å²) in [6.07, 6.45) is -2.13. The topological polar surface area (TPSA) is 118 Å². The van der Waals surface area contributed by atoms with Crippen LogP contribution in [0.1, 0.15) is 0 Å². The predicted molar refractivity (Wildman–Crippen MR) is 107 cm³/mol. The van der Waals surface area contributed by atoms with Gasteiger partial charge >= 0.3 is 6.18 Å². The Morgan fingerprint density at radius 3 is 2.41 bits per heavy atom. The number of halogens is 4. The lowest BCUT2D eigenvalue weighted by molar-refractivity contribution is -0.153. The molecule has 0 unspecified atom stereocenters. The molecule has 0 fully saturated rings. The van der Waals surface area contributed by atoms with Crippen molar-refractivity contribution >= 4 is 33.2 Å². The van der Waals surface area contributed by atoms with E-state index in [1.807, 2.05) is 0 Å². The van der Waals surface area contributed by atoms with Crippen molar-refractivity contribution < 1.29 is 30.7 Å². The number of anilines is 4. The molecule has 0 radical (unpaired) electrons. The van der Waals surface area contributed by atoms with Crippen LogP contribution < -0.4 is 20.1 Å². The average molecular weight is 472 g/mol. The van der Waals surface area contributed by atoms with Crippen LogP contribution in [0.25, 0.3) is 0 Å². The molecule has 1 aromatic carbocycles. The quantitative estimate of drug-likeness (QED) is 0.427. The second-order valence-corrected chi connectivity index (χ2v) is 8.03. The van der Waals surface area contributed by atoms with Gasteiger partial charge in [0.05, 0.1) is 10.6 Å². The Labute approximate surface area is 179 Å². The fourth-order valence-electron chi connectivity index (χ4n) is 2.41. The summed E-state index contributed by atoms with van der Waals surface area (Å²) in [6, 6.07) is 7.18. The van der Waals surface area contributed by atoms with Crippen LogP contribution in [0, 0.1) is 5.82 Å². The Kier molecular flexibility index (Phi) is 6.74. The Hall–Kier alpha value is -3.52. The fraction of sp³-hybridized carbons (Fsp3) is 0.167. The third-order valence-electron chi connectivity index (χ3n) is 3.86. The molecule has 0 aliphatic carbocycles. The van der Waals surface area contributed by atoms with Crippen LogP contribution in [0.2, 0.25) is 0 Å². The van der Waals surface area contributed by atoms with Crippen molar-refractivity contribution in [2.24, 2.45) is 0 Å². The van der Waals surface area contributed by atoms with E-state index in [4.69, 9.17) is 4.74 Å². The van der Waals surface area contributed by atoms with Crippen molar-refractivity contribution in [2.75, 3.05) is 24.3 Å². The Morgan fingerprint density at radius 2 is 1.75 bits per heavy atom. The van der Waals surface area contributed by atoms with Crippen LogP contribution in [-0.4, -0.2) is 43.2 Å². The molecule has 0 aliphatic rings. The summed E-state index contributed by atoms with van der Waals surface area (Å²) >= 11 is 0. The molecule has 3 N–H and O–H groups in total. The van der Waals surface area contributed by atoms with E-state index in [9.17, 15) is 26.0 Å². The SMILES string of the molecule is CNS(=O)(=O)c1ccc(OCC(F)(F)F)c(Nc2cc(Nc3ncccc3F)ncn2)c1. The van der Waals surface area contributed by atoms with E-state index in [-0.39, 0.29) is 33.8 Å². The maximum atomic E-state index is 13.8. The highest BCUT2D eigenvalue weighted by molar-refractivity contribution is 7.89. The standard InChI is InChI=1S/C18H16F4N6O3S/c1-23-32(29,30)11-4-5-14(31-9-18(20,21)22)13(7-11)27-15-8-16(26-10-25-15)28-17-12(19)3-2-6-24-17/h2-8,10,23H,9H2,1H3,(H2,24,25,26,27,28). The van der Waals surface area contributed by atoms with Gasteiger partial charge in [-0.05, 0) is 37.4 Å². The first-order chi connectivity index (χ1) is 15.1. The zero-order valence-corrected chi connectivity index (χ0v) is 17.1. The zero-order chi connectivity index (χ0) is 23.4. The number of aromatic nitrogens is 3. The van der Waals surface area contributed by atoms with Gasteiger partial charge in [0.2, 0.25) is 10.0 Å². The van der Waals surface area contributed by atoms with E-state index in [0.29, 0.717) is 0 Å². The Bertz CT molecular complexity index is 1210. The monoisotopic (exact) mass is 472 g/mol. The summed E-state index contributed by atoms with van der Waals surface area (Å²) < 4.78 is 82.7. The number of hydrogen-bond acceptors (Lipinski definition) is 8. The van der Waals surface area contributed by atoms with E-state index in [1.165, 1.54) is 31.4 Å². The smallest absolute Gasteiger partial charge is 0.422 e. The van der Waals surface area contributed by atoms with Crippen LogP contribution in [0.3, 0.4) is 0 Å². The van der Waals surface area contributed by atoms with Gasteiger partial charge in [0.15, 0.2) is 18.2 Å². The largest absolute Gasteiger partial charge is 0.482 e. The van der Waals surface area contributed by atoms with Crippen LogP contribution >= 0.6 is 0 Å². The number of nitrogens with zero attached hydrogens (tertiary/aromatic N) is 3. The molecule has 3 rings (SSSR count). The minimum atomic E-state index is -4.61. The van der Waals surface area contributed by atoms with E-state index >= 15 is 0 Å². The van der Waals surface area contributed by atoms with Gasteiger partial charge in [0.25, 0.3) is 0 Å². The number of rotatable bonds is 8. The molecule has 0 bridgehead atoms. The van der Waals surface area contributed by atoms with Gasteiger partial charge in [0, 0.05) is 12.3 Å². The molecule has 2 aromatic heterocycles. The lowest BCUT2D eigenvalue weighted by Gasteiger charge is -2.16. The number of hydrogen-bond donors (Lipinski definition) is 3. The lowest BCUT2D eigenvalue weighted by Crippen LogP contribution is -2.20. The number of pyridine rings is 1. The second kappa shape index (κ2) is 9.32. The van der Waals surface area contributed by atoms with Crippen LogP contribution in [0.4, 0.5) is 40.7 Å². The van der Waals surface area contributed by atoms with Gasteiger partial charge in [-0.15, -0.1) is 0 Å². The van der Waals surface area contributed by atoms with Gasteiger partial charge in [-0.2, -0.15) is 13.2 Å².